The third kappa shape index (κ3) is 10.7. The number of carbonyl (C=O) groups excluding carboxylic acids is 3. The molecule has 13 nitrogen and oxygen atoms in total. The molecule has 1 aliphatic heterocycles. The van der Waals surface area contributed by atoms with Gasteiger partial charge in [-0.05, 0) is 58.4 Å². The largest absolute Gasteiger partial charge is 0.493 e. The summed E-state index contributed by atoms with van der Waals surface area (Å²) in [5.41, 5.74) is -3.50. The highest BCUT2D eigenvalue weighted by Gasteiger charge is 2.48. The number of hydrogen-bond acceptors (Lipinski definition) is 12. The highest BCUT2D eigenvalue weighted by molar-refractivity contribution is 6.00. The molecule has 1 heterocycles. The topological polar surface area (TPSA) is 176 Å². The van der Waals surface area contributed by atoms with Gasteiger partial charge in [0.1, 0.15) is 29.9 Å². The van der Waals surface area contributed by atoms with Gasteiger partial charge in [-0.25, -0.2) is 9.59 Å². The van der Waals surface area contributed by atoms with E-state index in [1.54, 1.807) is 24.3 Å². The Morgan fingerprint density at radius 3 is 2.38 bits per heavy atom. The van der Waals surface area contributed by atoms with E-state index < -0.39 is 52.0 Å². The molecule has 3 N–H and O–H groups in total. The van der Waals surface area contributed by atoms with Gasteiger partial charge in [0.15, 0.2) is 5.78 Å². The van der Waals surface area contributed by atoms with Crippen LogP contribution in [0.4, 0.5) is 18.9 Å². The first-order chi connectivity index (χ1) is 23.2. The Morgan fingerprint density at radius 1 is 1.06 bits per heavy atom. The minimum Gasteiger partial charge on any atom is -0.493 e. The molecule has 2 aromatic carbocycles. The Balaban J connectivity index is 0.00000867. The smallest absolute Gasteiger partial charge is 0.431 e. The van der Waals surface area contributed by atoms with Crippen molar-refractivity contribution >= 4 is 35.8 Å². The second-order valence-corrected chi connectivity index (χ2v) is 10.9. The molecule has 0 aliphatic carbocycles. The van der Waals surface area contributed by atoms with Crippen LogP contribution in [0.2, 0.25) is 0 Å². The van der Waals surface area contributed by atoms with Gasteiger partial charge in [0, 0.05) is 29.9 Å². The number of carbonyl (C=O) groups is 3. The molecule has 0 radical (unpaired) electrons. The van der Waals surface area contributed by atoms with Gasteiger partial charge < -0.3 is 34.7 Å². The number of dihydropyridines is 1. The van der Waals surface area contributed by atoms with Crippen molar-refractivity contribution in [2.24, 2.45) is 0 Å². The molecule has 1 aliphatic rings. The maximum absolute atomic E-state index is 14.3. The van der Waals surface area contributed by atoms with Crippen LogP contribution >= 0.6 is 12.4 Å². The monoisotopic (exact) mass is 729 g/mol. The number of non-ortho nitro benzene ring substituents is 1. The molecule has 0 fully saturated rings. The number of rotatable bonds is 17. The van der Waals surface area contributed by atoms with Crippen LogP contribution in [-0.4, -0.2) is 80.1 Å². The van der Waals surface area contributed by atoms with Crippen molar-refractivity contribution in [3.8, 4) is 11.5 Å². The van der Waals surface area contributed by atoms with E-state index in [-0.39, 0.29) is 67.1 Å². The summed E-state index contributed by atoms with van der Waals surface area (Å²) >= 11 is 0. The van der Waals surface area contributed by atoms with E-state index in [2.05, 4.69) is 15.4 Å². The van der Waals surface area contributed by atoms with E-state index in [1.165, 1.54) is 26.8 Å². The maximum atomic E-state index is 14.3. The van der Waals surface area contributed by atoms with Gasteiger partial charge in [0.05, 0.1) is 47.9 Å². The predicted molar refractivity (Wildman–Crippen MR) is 176 cm³/mol. The Bertz CT molecular complexity index is 1610. The van der Waals surface area contributed by atoms with Crippen molar-refractivity contribution in [1.82, 2.24) is 10.6 Å². The van der Waals surface area contributed by atoms with Gasteiger partial charge in [-0.3, -0.25) is 14.9 Å². The van der Waals surface area contributed by atoms with Gasteiger partial charge in [-0.1, -0.05) is 12.1 Å². The molecule has 0 saturated heterocycles. The number of aliphatic hydroxyl groups is 1. The summed E-state index contributed by atoms with van der Waals surface area (Å²) in [6.45, 7) is 4.51. The lowest BCUT2D eigenvalue weighted by atomic mass is 9.79. The SMILES string of the molecule is CCOC(=O)C1=C(C)NC(C(F)(F)F)=C(C(=O)OC)C1c1cc([N+](=O)[O-])ccc1OCCCCNCC(O)COc1ccccc1C(C)=O.Cl. The molecule has 2 atom stereocenters. The van der Waals surface area contributed by atoms with Crippen LogP contribution in [0.3, 0.4) is 0 Å². The van der Waals surface area contributed by atoms with Crippen molar-refractivity contribution in [2.75, 3.05) is 40.0 Å². The Hall–Kier alpha value is -4.67. The average Bonchev–Trinajstić information content (AvgIpc) is 3.05. The Labute approximate surface area is 292 Å². The zero-order valence-electron chi connectivity index (χ0n) is 27.8. The third-order valence-corrected chi connectivity index (χ3v) is 7.35. The number of para-hydroxylation sites is 1. The second-order valence-electron chi connectivity index (χ2n) is 10.9. The number of aliphatic hydroxyl groups excluding tert-OH is 1. The number of nitrogens with one attached hydrogen (secondary N) is 2. The normalized spacial score (nSPS) is 15.0. The first kappa shape index (κ1) is 41.5. The van der Waals surface area contributed by atoms with Crippen LogP contribution in [0.15, 0.2) is 65.0 Å². The molecule has 0 aromatic heterocycles. The quantitative estimate of drug-likeness (QED) is 0.0660. The average molecular weight is 730 g/mol. The lowest BCUT2D eigenvalue weighted by Crippen LogP contribution is -2.38. The minimum atomic E-state index is -5.10. The fourth-order valence-electron chi connectivity index (χ4n) is 5.11. The lowest BCUT2D eigenvalue weighted by Gasteiger charge is -2.32. The molecule has 17 heteroatoms. The van der Waals surface area contributed by atoms with Gasteiger partial charge in [0.2, 0.25) is 0 Å². The number of alkyl halides is 3. The van der Waals surface area contributed by atoms with Crippen molar-refractivity contribution < 1.29 is 56.5 Å². The van der Waals surface area contributed by atoms with Crippen LogP contribution in [0.25, 0.3) is 0 Å². The Kier molecular flexibility index (Phi) is 15.7. The number of ether oxygens (including phenoxy) is 4. The molecule has 0 amide bonds. The van der Waals surface area contributed by atoms with Crippen molar-refractivity contribution in [2.45, 2.75) is 51.8 Å². The molecule has 50 heavy (non-hydrogen) atoms. The number of unbranched alkanes of at least 4 members (excludes halogenated alkanes) is 1. The summed E-state index contributed by atoms with van der Waals surface area (Å²) < 4.78 is 64.0. The van der Waals surface area contributed by atoms with Gasteiger partial charge in [0.25, 0.3) is 5.69 Å². The minimum absolute atomic E-state index is 0. The number of halogens is 4. The van der Waals surface area contributed by atoms with Crippen LogP contribution in [0.1, 0.15) is 55.5 Å². The number of ketones is 1. The van der Waals surface area contributed by atoms with Gasteiger partial charge in [-0.2, -0.15) is 13.2 Å². The number of esters is 2. The second kappa shape index (κ2) is 18.9. The van der Waals surface area contributed by atoms with Crippen LogP contribution in [0, 0.1) is 10.1 Å². The molecule has 0 bridgehead atoms. The van der Waals surface area contributed by atoms with Crippen molar-refractivity contribution in [3.63, 3.8) is 0 Å². The third-order valence-electron chi connectivity index (χ3n) is 7.35. The predicted octanol–water partition coefficient (Wildman–Crippen LogP) is 4.92. The van der Waals surface area contributed by atoms with E-state index >= 15 is 0 Å². The number of Topliss-reactive ketones (excluding diaryl/α,β-unsaturated/α-hetero) is 1. The van der Waals surface area contributed by atoms with E-state index in [1.807, 2.05) is 0 Å². The molecule has 3 rings (SSSR count). The number of nitro groups is 1. The maximum Gasteiger partial charge on any atom is 0.431 e. The number of allylic oxidation sites excluding steroid dienone is 2. The lowest BCUT2D eigenvalue weighted by molar-refractivity contribution is -0.384. The molecule has 0 saturated carbocycles. The van der Waals surface area contributed by atoms with Crippen LogP contribution < -0.4 is 20.1 Å². The summed E-state index contributed by atoms with van der Waals surface area (Å²) in [7, 11) is 0.869. The van der Waals surface area contributed by atoms with Crippen LogP contribution in [-0.2, 0) is 19.1 Å². The van der Waals surface area contributed by atoms with Crippen molar-refractivity contribution in [1.29, 1.82) is 0 Å². The highest BCUT2D eigenvalue weighted by atomic mass is 35.5. The number of nitrogens with zero attached hydrogens (tertiary/aromatic N) is 1. The molecule has 274 valence electrons. The van der Waals surface area contributed by atoms with E-state index in [4.69, 9.17) is 14.2 Å². The first-order valence-corrected chi connectivity index (χ1v) is 15.3. The highest BCUT2D eigenvalue weighted by Crippen LogP contribution is 2.46. The first-order valence-electron chi connectivity index (χ1n) is 15.3. The van der Waals surface area contributed by atoms with E-state index in [0.717, 1.165) is 19.2 Å². The zero-order chi connectivity index (χ0) is 36.3. The fraction of sp³-hybridized carbons (Fsp3) is 0.424. The number of nitro benzene ring substituents is 1. The van der Waals surface area contributed by atoms with Gasteiger partial charge >= 0.3 is 18.1 Å². The fourth-order valence-corrected chi connectivity index (χ4v) is 5.11. The number of benzene rings is 2. The van der Waals surface area contributed by atoms with Crippen LogP contribution in [0.5, 0.6) is 11.5 Å². The molecular weight excluding hydrogens is 691 g/mol. The summed E-state index contributed by atoms with van der Waals surface area (Å²) in [5.74, 6) is -4.16. The summed E-state index contributed by atoms with van der Waals surface area (Å²) in [6.07, 6.45) is -5.06. The van der Waals surface area contributed by atoms with Gasteiger partial charge in [-0.15, -0.1) is 12.4 Å². The molecule has 2 aromatic rings. The Morgan fingerprint density at radius 2 is 1.76 bits per heavy atom. The standard InChI is InChI=1S/C33H38F3N3O10.ClH/c1-5-47-32(43)27-19(2)38-30(33(34,35)36)29(31(42)46-4)28(27)24-16-21(39(44)45)12-13-26(24)48-15-9-8-14-37-17-22(41)18-49-25-11-7-6-10-23(25)20(3)40;/h6-7,10-13,16,22,28,37-38,41H,5,8-9,14-15,17-18H2,1-4H3;1H. The number of hydrogen-bond donors (Lipinski definition) is 3. The zero-order valence-corrected chi connectivity index (χ0v) is 28.6. The summed E-state index contributed by atoms with van der Waals surface area (Å²) in [4.78, 5) is 48.7. The molecule has 2 unspecified atom stereocenters. The van der Waals surface area contributed by atoms with E-state index in [0.29, 0.717) is 30.7 Å². The van der Waals surface area contributed by atoms with E-state index in [9.17, 15) is 42.8 Å². The number of methoxy groups -OCH3 is 1. The molecular formula is C33H39ClF3N3O10. The molecule has 0 spiro atoms. The van der Waals surface area contributed by atoms with Crippen molar-refractivity contribution in [3.05, 3.63) is 86.2 Å². The summed E-state index contributed by atoms with van der Waals surface area (Å²) in [5, 5.41) is 27.1. The summed E-state index contributed by atoms with van der Waals surface area (Å²) in [6, 6.07) is 9.92.